The molecule has 0 bridgehead atoms. The van der Waals surface area contributed by atoms with E-state index < -0.39 is 0 Å². The molecule has 0 unspecified atom stereocenters. The van der Waals surface area contributed by atoms with Gasteiger partial charge in [0.05, 0.1) is 6.20 Å². The van der Waals surface area contributed by atoms with E-state index in [4.69, 9.17) is 4.74 Å². The van der Waals surface area contributed by atoms with Gasteiger partial charge in [-0.2, -0.15) is 5.10 Å². The van der Waals surface area contributed by atoms with Crippen LogP contribution in [0.25, 0.3) is 0 Å². The zero-order valence-electron chi connectivity index (χ0n) is 13.9. The van der Waals surface area contributed by atoms with E-state index >= 15 is 0 Å². The number of hydrogen-bond donors (Lipinski definition) is 2. The minimum atomic E-state index is 0.359. The molecule has 0 spiro atoms. The molecule has 2 N–H and O–H groups in total. The lowest BCUT2D eigenvalue weighted by molar-refractivity contribution is 0.201. The predicted octanol–water partition coefficient (Wildman–Crippen LogP) is 2.43. The summed E-state index contributed by atoms with van der Waals surface area (Å²) in [7, 11) is 0. The van der Waals surface area contributed by atoms with E-state index in [2.05, 4.69) is 32.8 Å². The molecule has 6 heteroatoms. The standard InChI is InChI=1S/C18H25N5O/c1-2-4-16(3-1)24-18-9-14(5-7-20-18)10-19-11-15-12-21-17-6-8-22-23(17)13-15/h5-9,15-16,19,21H,1-4,10-13H2/t15-/m0/s1. The lowest BCUT2D eigenvalue weighted by Crippen LogP contribution is -2.35. The summed E-state index contributed by atoms with van der Waals surface area (Å²) in [4.78, 5) is 4.35. The van der Waals surface area contributed by atoms with Gasteiger partial charge in [0, 0.05) is 50.4 Å². The summed E-state index contributed by atoms with van der Waals surface area (Å²) in [5.74, 6) is 2.43. The maximum Gasteiger partial charge on any atom is 0.213 e. The van der Waals surface area contributed by atoms with Gasteiger partial charge in [-0.25, -0.2) is 9.67 Å². The van der Waals surface area contributed by atoms with Gasteiger partial charge in [0.2, 0.25) is 5.88 Å². The molecule has 1 atom stereocenters. The number of hydrogen-bond acceptors (Lipinski definition) is 5. The van der Waals surface area contributed by atoms with Gasteiger partial charge < -0.3 is 15.4 Å². The Kier molecular flexibility index (Phi) is 4.64. The maximum atomic E-state index is 5.98. The first-order chi connectivity index (χ1) is 11.9. The molecule has 3 heterocycles. The lowest BCUT2D eigenvalue weighted by atomic mass is 10.1. The van der Waals surface area contributed by atoms with Crippen molar-refractivity contribution in [2.24, 2.45) is 5.92 Å². The van der Waals surface area contributed by atoms with Crippen molar-refractivity contribution in [1.29, 1.82) is 0 Å². The molecule has 1 aliphatic carbocycles. The number of aromatic nitrogens is 3. The molecule has 2 aromatic rings. The van der Waals surface area contributed by atoms with E-state index in [1.165, 1.54) is 18.4 Å². The lowest BCUT2D eigenvalue weighted by Gasteiger charge is -2.25. The fourth-order valence-corrected chi connectivity index (χ4v) is 3.55. The highest BCUT2D eigenvalue weighted by molar-refractivity contribution is 5.35. The number of pyridine rings is 1. The van der Waals surface area contributed by atoms with Crippen LogP contribution in [0.2, 0.25) is 0 Å². The Morgan fingerprint density at radius 1 is 1.25 bits per heavy atom. The van der Waals surface area contributed by atoms with Crippen LogP contribution in [0.4, 0.5) is 5.82 Å². The Morgan fingerprint density at radius 2 is 2.17 bits per heavy atom. The van der Waals surface area contributed by atoms with E-state index in [0.29, 0.717) is 12.0 Å². The first kappa shape index (κ1) is 15.4. The molecular weight excluding hydrogens is 302 g/mol. The van der Waals surface area contributed by atoms with Crippen LogP contribution in [0.3, 0.4) is 0 Å². The Bertz CT molecular complexity index is 665. The number of anilines is 1. The normalized spacial score (nSPS) is 20.6. The van der Waals surface area contributed by atoms with Crippen LogP contribution in [0.1, 0.15) is 31.2 Å². The number of fused-ring (bicyclic) bond motifs is 1. The van der Waals surface area contributed by atoms with Gasteiger partial charge in [0.15, 0.2) is 0 Å². The molecule has 128 valence electrons. The topological polar surface area (TPSA) is 64.0 Å². The number of nitrogens with zero attached hydrogens (tertiary/aromatic N) is 3. The van der Waals surface area contributed by atoms with Gasteiger partial charge in [0.25, 0.3) is 0 Å². The molecule has 0 radical (unpaired) electrons. The summed E-state index contributed by atoms with van der Waals surface area (Å²) in [6.45, 7) is 3.76. The van der Waals surface area contributed by atoms with E-state index in [0.717, 1.165) is 50.7 Å². The predicted molar refractivity (Wildman–Crippen MR) is 93.0 cm³/mol. The van der Waals surface area contributed by atoms with Crippen LogP contribution in [0, 0.1) is 5.92 Å². The molecular formula is C18H25N5O. The molecule has 1 fully saturated rings. The van der Waals surface area contributed by atoms with E-state index in [-0.39, 0.29) is 0 Å². The fraction of sp³-hybridized carbons (Fsp3) is 0.556. The van der Waals surface area contributed by atoms with Gasteiger partial charge in [-0.1, -0.05) is 0 Å². The van der Waals surface area contributed by atoms with Gasteiger partial charge in [0.1, 0.15) is 11.9 Å². The van der Waals surface area contributed by atoms with Crippen molar-refractivity contribution in [3.8, 4) is 5.88 Å². The number of rotatable bonds is 6. The molecule has 0 amide bonds. The van der Waals surface area contributed by atoms with Gasteiger partial charge in [-0.3, -0.25) is 0 Å². The summed E-state index contributed by atoms with van der Waals surface area (Å²) in [6.07, 6.45) is 8.93. The summed E-state index contributed by atoms with van der Waals surface area (Å²) in [6, 6.07) is 6.14. The average molecular weight is 327 g/mol. The van der Waals surface area contributed by atoms with E-state index in [1.807, 2.05) is 23.1 Å². The fourth-order valence-electron chi connectivity index (χ4n) is 3.55. The van der Waals surface area contributed by atoms with Crippen LogP contribution < -0.4 is 15.4 Å². The van der Waals surface area contributed by atoms with Crippen LogP contribution in [0.15, 0.2) is 30.6 Å². The van der Waals surface area contributed by atoms with Crippen LogP contribution in [-0.4, -0.2) is 34.0 Å². The first-order valence-corrected chi connectivity index (χ1v) is 8.95. The molecule has 0 aromatic carbocycles. The van der Waals surface area contributed by atoms with Crippen molar-refractivity contribution in [2.45, 2.75) is 44.9 Å². The molecule has 6 nitrogen and oxygen atoms in total. The molecule has 1 saturated carbocycles. The highest BCUT2D eigenvalue weighted by Crippen LogP contribution is 2.23. The quantitative estimate of drug-likeness (QED) is 0.853. The third kappa shape index (κ3) is 3.70. The maximum absolute atomic E-state index is 5.98. The zero-order valence-corrected chi connectivity index (χ0v) is 13.9. The van der Waals surface area contributed by atoms with E-state index in [1.54, 1.807) is 0 Å². The van der Waals surface area contributed by atoms with Crippen molar-refractivity contribution >= 4 is 5.82 Å². The minimum Gasteiger partial charge on any atom is -0.474 e. The van der Waals surface area contributed by atoms with Crippen LogP contribution >= 0.6 is 0 Å². The number of nitrogens with one attached hydrogen (secondary N) is 2. The van der Waals surface area contributed by atoms with Gasteiger partial charge >= 0.3 is 0 Å². The van der Waals surface area contributed by atoms with Crippen LogP contribution in [0.5, 0.6) is 5.88 Å². The SMILES string of the molecule is c1cc(CNC[C@H]2CNc3ccnn3C2)cc(OC2CCCC2)n1. The monoisotopic (exact) mass is 327 g/mol. The van der Waals surface area contributed by atoms with E-state index in [9.17, 15) is 0 Å². The summed E-state index contributed by atoms with van der Waals surface area (Å²) >= 11 is 0. The van der Waals surface area contributed by atoms with Crippen molar-refractivity contribution in [3.63, 3.8) is 0 Å². The molecule has 1 aliphatic heterocycles. The number of ether oxygens (including phenoxy) is 1. The Morgan fingerprint density at radius 3 is 3.08 bits per heavy atom. The third-order valence-electron chi connectivity index (χ3n) is 4.87. The summed E-state index contributed by atoms with van der Waals surface area (Å²) < 4.78 is 8.02. The second kappa shape index (κ2) is 7.21. The largest absolute Gasteiger partial charge is 0.474 e. The smallest absolute Gasteiger partial charge is 0.213 e. The Labute approximate surface area is 142 Å². The van der Waals surface area contributed by atoms with Crippen molar-refractivity contribution in [1.82, 2.24) is 20.1 Å². The van der Waals surface area contributed by atoms with Gasteiger partial charge in [-0.05, 0) is 37.3 Å². The first-order valence-electron chi connectivity index (χ1n) is 8.95. The van der Waals surface area contributed by atoms with Gasteiger partial charge in [-0.15, -0.1) is 0 Å². The highest BCUT2D eigenvalue weighted by atomic mass is 16.5. The van der Waals surface area contributed by atoms with Crippen molar-refractivity contribution in [3.05, 3.63) is 36.2 Å². The van der Waals surface area contributed by atoms with Crippen molar-refractivity contribution in [2.75, 3.05) is 18.4 Å². The highest BCUT2D eigenvalue weighted by Gasteiger charge is 2.18. The summed E-state index contributed by atoms with van der Waals surface area (Å²) in [5.41, 5.74) is 1.22. The van der Waals surface area contributed by atoms with Crippen molar-refractivity contribution < 1.29 is 4.74 Å². The van der Waals surface area contributed by atoms with Crippen LogP contribution in [-0.2, 0) is 13.1 Å². The average Bonchev–Trinajstić information content (AvgIpc) is 3.26. The third-order valence-corrected chi connectivity index (χ3v) is 4.87. The molecule has 4 rings (SSSR count). The molecule has 2 aromatic heterocycles. The molecule has 0 saturated heterocycles. The Hall–Kier alpha value is -2.08. The zero-order chi connectivity index (χ0) is 16.2. The second-order valence-electron chi connectivity index (χ2n) is 6.80. The Balaban J connectivity index is 1.25. The summed E-state index contributed by atoms with van der Waals surface area (Å²) in [5, 5.41) is 11.3. The minimum absolute atomic E-state index is 0.359. The second-order valence-corrected chi connectivity index (χ2v) is 6.80. The molecule has 2 aliphatic rings. The molecule has 24 heavy (non-hydrogen) atoms.